The van der Waals surface area contributed by atoms with Crippen molar-refractivity contribution in [3.8, 4) is 23.0 Å². The van der Waals surface area contributed by atoms with Gasteiger partial charge in [-0.3, -0.25) is 0 Å². The van der Waals surface area contributed by atoms with Crippen molar-refractivity contribution in [2.75, 3.05) is 7.11 Å². The van der Waals surface area contributed by atoms with E-state index >= 15 is 0 Å². The minimum absolute atomic E-state index is 0.0445. The first-order valence-corrected chi connectivity index (χ1v) is 6.86. The van der Waals surface area contributed by atoms with Gasteiger partial charge < -0.3 is 14.4 Å². The largest absolute Gasteiger partial charge is 0.504 e. The van der Waals surface area contributed by atoms with Crippen LogP contribution in [-0.4, -0.2) is 22.4 Å². The number of aromatic nitrogens is 2. The second-order valence-corrected chi connectivity index (χ2v) is 5.19. The van der Waals surface area contributed by atoms with Crippen molar-refractivity contribution < 1.29 is 14.4 Å². The Labute approximate surface area is 119 Å². The Hall–Kier alpha value is -2.34. The molecule has 0 unspecified atom stereocenters. The van der Waals surface area contributed by atoms with Crippen LogP contribution < -0.4 is 4.74 Å². The number of aromatic hydroxyl groups is 1. The van der Waals surface area contributed by atoms with Crippen molar-refractivity contribution in [1.29, 1.82) is 0 Å². The van der Waals surface area contributed by atoms with Crippen molar-refractivity contribution in [2.45, 2.75) is 6.42 Å². The Bertz CT molecular complexity index is 707. The zero-order valence-electron chi connectivity index (χ0n) is 10.7. The average molecular weight is 288 g/mol. The van der Waals surface area contributed by atoms with Gasteiger partial charge in [0.25, 0.3) is 5.89 Å². The molecule has 0 aliphatic carbocycles. The third kappa shape index (κ3) is 2.50. The quantitative estimate of drug-likeness (QED) is 0.799. The summed E-state index contributed by atoms with van der Waals surface area (Å²) < 4.78 is 10.2. The van der Waals surface area contributed by atoms with Crippen LogP contribution in [-0.2, 0) is 6.42 Å². The molecular formula is C14H12N2O3S. The van der Waals surface area contributed by atoms with Crippen LogP contribution in [0.1, 0.15) is 10.7 Å². The third-order valence-electron chi connectivity index (χ3n) is 2.81. The van der Waals surface area contributed by atoms with Crippen molar-refractivity contribution in [3.63, 3.8) is 0 Å². The van der Waals surface area contributed by atoms with Crippen LogP contribution in [0.25, 0.3) is 11.5 Å². The van der Waals surface area contributed by atoms with Crippen LogP contribution in [0.3, 0.4) is 0 Å². The molecule has 102 valence electrons. The van der Waals surface area contributed by atoms with Crippen LogP contribution in [0.15, 0.2) is 40.2 Å². The number of methoxy groups -OCH3 is 1. The maximum Gasteiger partial charge on any atom is 0.258 e. The molecule has 1 N–H and O–H groups in total. The molecule has 1 aromatic carbocycles. The molecule has 3 aromatic rings. The maximum absolute atomic E-state index is 9.75. The van der Waals surface area contributed by atoms with E-state index in [1.807, 2.05) is 17.5 Å². The summed E-state index contributed by atoms with van der Waals surface area (Å²) in [5, 5.41) is 15.7. The standard InChI is InChI=1S/C14H12N2O3S/c1-18-12-5-4-9(7-11(12)17)14-15-13(16-19-14)8-10-3-2-6-20-10/h2-7,17H,8H2,1H3. The number of hydrogen-bond acceptors (Lipinski definition) is 6. The van der Waals surface area contributed by atoms with E-state index in [9.17, 15) is 5.11 Å². The van der Waals surface area contributed by atoms with E-state index in [-0.39, 0.29) is 5.75 Å². The molecule has 20 heavy (non-hydrogen) atoms. The monoisotopic (exact) mass is 288 g/mol. The number of benzene rings is 1. The zero-order valence-corrected chi connectivity index (χ0v) is 11.6. The van der Waals surface area contributed by atoms with E-state index in [2.05, 4.69) is 10.1 Å². The summed E-state index contributed by atoms with van der Waals surface area (Å²) in [6.07, 6.45) is 0.642. The highest BCUT2D eigenvalue weighted by atomic mass is 32.1. The van der Waals surface area contributed by atoms with E-state index in [0.29, 0.717) is 29.4 Å². The average Bonchev–Trinajstić information content (AvgIpc) is 3.11. The summed E-state index contributed by atoms with van der Waals surface area (Å²) in [4.78, 5) is 5.50. The highest BCUT2D eigenvalue weighted by Gasteiger charge is 2.12. The topological polar surface area (TPSA) is 68.4 Å². The summed E-state index contributed by atoms with van der Waals surface area (Å²) in [5.74, 6) is 1.46. The van der Waals surface area contributed by atoms with Crippen LogP contribution in [0.5, 0.6) is 11.5 Å². The number of nitrogens with zero attached hydrogens (tertiary/aromatic N) is 2. The molecule has 0 spiro atoms. The Morgan fingerprint density at radius 3 is 2.95 bits per heavy atom. The second kappa shape index (κ2) is 5.34. The molecule has 0 radical (unpaired) electrons. The lowest BCUT2D eigenvalue weighted by atomic mass is 10.2. The number of ether oxygens (including phenoxy) is 1. The predicted octanol–water partition coefficient (Wildman–Crippen LogP) is 3.10. The fourth-order valence-corrected chi connectivity index (χ4v) is 2.54. The van der Waals surface area contributed by atoms with E-state index in [1.54, 1.807) is 29.5 Å². The van der Waals surface area contributed by atoms with Gasteiger partial charge in [0.15, 0.2) is 17.3 Å². The van der Waals surface area contributed by atoms with Gasteiger partial charge in [-0.05, 0) is 29.6 Å². The van der Waals surface area contributed by atoms with Crippen molar-refractivity contribution >= 4 is 11.3 Å². The summed E-state index contributed by atoms with van der Waals surface area (Å²) in [5.41, 5.74) is 0.660. The van der Waals surface area contributed by atoms with Crippen LogP contribution in [0, 0.1) is 0 Å². The number of hydrogen-bond donors (Lipinski definition) is 1. The van der Waals surface area contributed by atoms with Crippen molar-refractivity contribution in [1.82, 2.24) is 10.1 Å². The third-order valence-corrected chi connectivity index (χ3v) is 3.68. The number of phenolic OH excluding ortho intramolecular Hbond substituents is 1. The van der Waals surface area contributed by atoms with Gasteiger partial charge in [0.1, 0.15) is 0 Å². The Kier molecular flexibility index (Phi) is 3.39. The van der Waals surface area contributed by atoms with Crippen LogP contribution >= 0.6 is 11.3 Å². The molecule has 3 rings (SSSR count). The Balaban J connectivity index is 1.84. The fourth-order valence-electron chi connectivity index (χ4n) is 1.84. The van der Waals surface area contributed by atoms with E-state index in [0.717, 1.165) is 0 Å². The first-order valence-electron chi connectivity index (χ1n) is 5.98. The minimum Gasteiger partial charge on any atom is -0.504 e. The van der Waals surface area contributed by atoms with Gasteiger partial charge in [-0.25, -0.2) is 0 Å². The summed E-state index contributed by atoms with van der Waals surface area (Å²) in [6.45, 7) is 0. The first-order chi connectivity index (χ1) is 9.76. The Morgan fingerprint density at radius 2 is 2.25 bits per heavy atom. The molecule has 2 aromatic heterocycles. The fraction of sp³-hybridized carbons (Fsp3) is 0.143. The van der Waals surface area contributed by atoms with E-state index < -0.39 is 0 Å². The smallest absolute Gasteiger partial charge is 0.258 e. The number of rotatable bonds is 4. The van der Waals surface area contributed by atoms with Crippen molar-refractivity contribution in [2.24, 2.45) is 0 Å². The molecule has 2 heterocycles. The number of phenols is 1. The molecule has 0 saturated carbocycles. The van der Waals surface area contributed by atoms with Gasteiger partial charge in [-0.15, -0.1) is 11.3 Å². The molecule has 5 nitrogen and oxygen atoms in total. The molecule has 0 amide bonds. The highest BCUT2D eigenvalue weighted by Crippen LogP contribution is 2.30. The molecule has 0 aliphatic rings. The van der Waals surface area contributed by atoms with E-state index in [1.165, 1.54) is 12.0 Å². The van der Waals surface area contributed by atoms with Crippen LogP contribution in [0.4, 0.5) is 0 Å². The normalized spacial score (nSPS) is 10.7. The summed E-state index contributed by atoms with van der Waals surface area (Å²) >= 11 is 1.65. The molecule has 6 heteroatoms. The molecular weight excluding hydrogens is 276 g/mol. The van der Waals surface area contributed by atoms with Gasteiger partial charge >= 0.3 is 0 Å². The molecule has 0 fully saturated rings. The molecule has 0 bridgehead atoms. The second-order valence-electron chi connectivity index (χ2n) is 4.16. The van der Waals surface area contributed by atoms with Gasteiger partial charge in [0, 0.05) is 16.9 Å². The SMILES string of the molecule is COc1ccc(-c2nc(Cc3cccs3)no2)cc1O. The highest BCUT2D eigenvalue weighted by molar-refractivity contribution is 7.09. The zero-order chi connectivity index (χ0) is 13.9. The molecule has 0 saturated heterocycles. The lowest BCUT2D eigenvalue weighted by Gasteiger charge is -2.03. The molecule has 0 aliphatic heterocycles. The van der Waals surface area contributed by atoms with Crippen molar-refractivity contribution in [3.05, 3.63) is 46.4 Å². The van der Waals surface area contributed by atoms with Crippen LogP contribution in [0.2, 0.25) is 0 Å². The number of thiophene rings is 1. The summed E-state index contributed by atoms with van der Waals surface area (Å²) in [7, 11) is 1.50. The predicted molar refractivity (Wildman–Crippen MR) is 75.1 cm³/mol. The lowest BCUT2D eigenvalue weighted by molar-refractivity contribution is 0.373. The minimum atomic E-state index is 0.0445. The van der Waals surface area contributed by atoms with Gasteiger partial charge in [0.2, 0.25) is 0 Å². The first kappa shape index (κ1) is 12.7. The van der Waals surface area contributed by atoms with Gasteiger partial charge in [0.05, 0.1) is 7.11 Å². The van der Waals surface area contributed by atoms with Gasteiger partial charge in [-0.2, -0.15) is 4.98 Å². The summed E-state index contributed by atoms with van der Waals surface area (Å²) in [6, 6.07) is 8.98. The maximum atomic E-state index is 9.75. The van der Waals surface area contributed by atoms with Gasteiger partial charge in [-0.1, -0.05) is 11.2 Å². The lowest BCUT2D eigenvalue weighted by Crippen LogP contribution is -1.88. The van der Waals surface area contributed by atoms with E-state index in [4.69, 9.17) is 9.26 Å². The molecule has 0 atom stereocenters. The Morgan fingerprint density at radius 1 is 1.35 bits per heavy atom.